The molecule has 0 amide bonds. The van der Waals surface area contributed by atoms with Gasteiger partial charge in [0.2, 0.25) is 0 Å². The van der Waals surface area contributed by atoms with Crippen LogP contribution in [-0.2, 0) is 5.41 Å². The maximum atomic E-state index is 13.3. The number of hydrogen-bond acceptors (Lipinski definition) is 1. The minimum atomic E-state index is -0.538. The van der Waals surface area contributed by atoms with Crippen molar-refractivity contribution in [2.24, 2.45) is 0 Å². The van der Waals surface area contributed by atoms with Crippen molar-refractivity contribution in [1.82, 2.24) is 0 Å². The first-order valence-corrected chi connectivity index (χ1v) is 7.41. The second kappa shape index (κ2) is 6.21. The Hall–Kier alpha value is -1.96. The molecule has 2 aromatic rings. The quantitative estimate of drug-likeness (QED) is 0.700. The molecular weight excluding hydrogens is 263 g/mol. The number of hydrogen-bond donors (Lipinski definition) is 0. The van der Waals surface area contributed by atoms with E-state index in [0.717, 1.165) is 18.4 Å². The minimum absolute atomic E-state index is 0.0798. The lowest BCUT2D eigenvalue weighted by Gasteiger charge is -2.31. The Balaban J connectivity index is 2.55. The summed E-state index contributed by atoms with van der Waals surface area (Å²) in [6, 6.07) is 14.3. The van der Waals surface area contributed by atoms with Gasteiger partial charge in [-0.3, -0.25) is 4.79 Å². The second-order valence-electron chi connectivity index (χ2n) is 5.44. The molecule has 0 radical (unpaired) electrons. The van der Waals surface area contributed by atoms with Gasteiger partial charge >= 0.3 is 0 Å². The first kappa shape index (κ1) is 15.4. The van der Waals surface area contributed by atoms with E-state index in [1.807, 2.05) is 44.2 Å². The fraction of sp³-hybridized carbons (Fsp3) is 0.316. The van der Waals surface area contributed by atoms with Gasteiger partial charge in [0.05, 0.1) is 5.41 Å². The average molecular weight is 284 g/mol. The summed E-state index contributed by atoms with van der Waals surface area (Å²) in [5, 5.41) is 0. The smallest absolute Gasteiger partial charge is 0.173 e. The van der Waals surface area contributed by atoms with Gasteiger partial charge in [0, 0.05) is 5.56 Å². The first-order valence-electron chi connectivity index (χ1n) is 7.41. The number of Topliss-reactive ketones (excluding diaryl/α,β-unsaturated/α-hetero) is 1. The van der Waals surface area contributed by atoms with E-state index < -0.39 is 5.41 Å². The van der Waals surface area contributed by atoms with Crippen LogP contribution in [0.5, 0.6) is 0 Å². The Labute approximate surface area is 125 Å². The van der Waals surface area contributed by atoms with Crippen LogP contribution in [0.2, 0.25) is 0 Å². The van der Waals surface area contributed by atoms with E-state index in [1.165, 1.54) is 12.1 Å². The van der Waals surface area contributed by atoms with Crippen LogP contribution >= 0.6 is 0 Å². The van der Waals surface area contributed by atoms with E-state index in [4.69, 9.17) is 0 Å². The Kier molecular flexibility index (Phi) is 4.56. The first-order chi connectivity index (χ1) is 10.0. The highest BCUT2D eigenvalue weighted by molar-refractivity contribution is 6.05. The van der Waals surface area contributed by atoms with E-state index in [-0.39, 0.29) is 11.6 Å². The molecule has 0 fully saturated rings. The fourth-order valence-electron chi connectivity index (χ4n) is 3.01. The van der Waals surface area contributed by atoms with Crippen molar-refractivity contribution in [2.45, 2.75) is 39.0 Å². The van der Waals surface area contributed by atoms with Crippen LogP contribution in [0.25, 0.3) is 0 Å². The number of benzene rings is 2. The van der Waals surface area contributed by atoms with Crippen molar-refractivity contribution in [3.8, 4) is 0 Å². The summed E-state index contributed by atoms with van der Waals surface area (Å²) in [5.41, 5.74) is 1.80. The molecule has 0 saturated carbocycles. The standard InChI is InChI=1S/C19H21FO/c1-4-19(5-2,15-9-7-6-8-10-15)18(21)17-12-11-16(20)13-14(17)3/h6-13H,4-5H2,1-3H3. The molecule has 110 valence electrons. The van der Waals surface area contributed by atoms with Crippen molar-refractivity contribution in [3.05, 3.63) is 71.0 Å². The summed E-state index contributed by atoms with van der Waals surface area (Å²) in [6.07, 6.45) is 1.45. The molecule has 2 rings (SSSR count). The molecule has 0 aliphatic rings. The van der Waals surface area contributed by atoms with Crippen molar-refractivity contribution in [2.75, 3.05) is 0 Å². The van der Waals surface area contributed by atoms with Crippen molar-refractivity contribution in [1.29, 1.82) is 0 Å². The van der Waals surface area contributed by atoms with Gasteiger partial charge in [-0.05, 0) is 49.1 Å². The largest absolute Gasteiger partial charge is 0.293 e. The summed E-state index contributed by atoms with van der Waals surface area (Å²) in [6.45, 7) is 5.86. The minimum Gasteiger partial charge on any atom is -0.293 e. The summed E-state index contributed by atoms with van der Waals surface area (Å²) < 4.78 is 13.3. The highest BCUT2D eigenvalue weighted by Crippen LogP contribution is 2.36. The number of rotatable bonds is 5. The van der Waals surface area contributed by atoms with Gasteiger partial charge in [-0.25, -0.2) is 4.39 Å². The number of carbonyl (C=O) groups is 1. The lowest BCUT2D eigenvalue weighted by Crippen LogP contribution is -2.35. The summed E-state index contributed by atoms with van der Waals surface area (Å²) in [5.74, 6) is -0.224. The monoisotopic (exact) mass is 284 g/mol. The van der Waals surface area contributed by atoms with Crippen LogP contribution in [0.1, 0.15) is 48.2 Å². The maximum absolute atomic E-state index is 13.3. The summed E-state index contributed by atoms with van der Waals surface area (Å²) in [4.78, 5) is 13.1. The van der Waals surface area contributed by atoms with Crippen LogP contribution in [0, 0.1) is 12.7 Å². The second-order valence-corrected chi connectivity index (χ2v) is 5.44. The van der Waals surface area contributed by atoms with Gasteiger partial charge in [0.1, 0.15) is 5.82 Å². The van der Waals surface area contributed by atoms with Crippen LogP contribution in [0.4, 0.5) is 4.39 Å². The molecule has 21 heavy (non-hydrogen) atoms. The molecule has 0 bridgehead atoms. The van der Waals surface area contributed by atoms with E-state index in [2.05, 4.69) is 0 Å². The Morgan fingerprint density at radius 3 is 2.19 bits per heavy atom. The molecule has 0 aromatic heterocycles. The van der Waals surface area contributed by atoms with E-state index >= 15 is 0 Å². The van der Waals surface area contributed by atoms with Gasteiger partial charge < -0.3 is 0 Å². The number of halogens is 1. The van der Waals surface area contributed by atoms with E-state index in [1.54, 1.807) is 13.0 Å². The zero-order valence-electron chi connectivity index (χ0n) is 12.8. The predicted molar refractivity (Wildman–Crippen MR) is 84.2 cm³/mol. The molecule has 0 aliphatic heterocycles. The van der Waals surface area contributed by atoms with Gasteiger partial charge in [0.15, 0.2) is 5.78 Å². The molecule has 0 heterocycles. The molecule has 2 aromatic carbocycles. The van der Waals surface area contributed by atoms with Crippen molar-refractivity contribution < 1.29 is 9.18 Å². The van der Waals surface area contributed by atoms with Gasteiger partial charge in [-0.1, -0.05) is 44.2 Å². The maximum Gasteiger partial charge on any atom is 0.173 e. The van der Waals surface area contributed by atoms with Crippen LogP contribution in [-0.4, -0.2) is 5.78 Å². The molecule has 1 nitrogen and oxygen atoms in total. The van der Waals surface area contributed by atoms with Gasteiger partial charge in [-0.15, -0.1) is 0 Å². The molecular formula is C19H21FO. The van der Waals surface area contributed by atoms with Crippen LogP contribution < -0.4 is 0 Å². The fourth-order valence-corrected chi connectivity index (χ4v) is 3.01. The third-order valence-electron chi connectivity index (χ3n) is 4.40. The van der Waals surface area contributed by atoms with Crippen LogP contribution in [0.3, 0.4) is 0 Å². The molecule has 0 unspecified atom stereocenters. The zero-order valence-corrected chi connectivity index (χ0v) is 12.8. The molecule has 0 spiro atoms. The lowest BCUT2D eigenvalue weighted by molar-refractivity contribution is 0.0872. The Morgan fingerprint density at radius 1 is 1.05 bits per heavy atom. The van der Waals surface area contributed by atoms with Crippen LogP contribution in [0.15, 0.2) is 48.5 Å². The SMILES string of the molecule is CCC(CC)(C(=O)c1ccc(F)cc1C)c1ccccc1. The highest BCUT2D eigenvalue weighted by Gasteiger charge is 2.37. The highest BCUT2D eigenvalue weighted by atomic mass is 19.1. The molecule has 2 heteroatoms. The van der Waals surface area contributed by atoms with Gasteiger partial charge in [0.25, 0.3) is 0 Å². The van der Waals surface area contributed by atoms with E-state index in [0.29, 0.717) is 11.1 Å². The number of aryl methyl sites for hydroxylation is 1. The number of ketones is 1. The zero-order chi connectivity index (χ0) is 15.5. The average Bonchev–Trinajstić information content (AvgIpc) is 2.50. The topological polar surface area (TPSA) is 17.1 Å². The van der Waals surface area contributed by atoms with Gasteiger partial charge in [-0.2, -0.15) is 0 Å². The molecule has 0 aliphatic carbocycles. The number of carbonyl (C=O) groups excluding carboxylic acids is 1. The molecule has 0 atom stereocenters. The van der Waals surface area contributed by atoms with E-state index in [9.17, 15) is 9.18 Å². The van der Waals surface area contributed by atoms with Crippen molar-refractivity contribution in [3.63, 3.8) is 0 Å². The third kappa shape index (κ3) is 2.76. The Bertz CT molecular complexity index is 627. The predicted octanol–water partition coefficient (Wildman–Crippen LogP) is 5.07. The van der Waals surface area contributed by atoms with Crippen molar-refractivity contribution >= 4 is 5.78 Å². The summed E-state index contributed by atoms with van der Waals surface area (Å²) in [7, 11) is 0. The molecule has 0 N–H and O–H groups in total. The molecule has 0 saturated heterocycles. The third-order valence-corrected chi connectivity index (χ3v) is 4.40. The lowest BCUT2D eigenvalue weighted by atomic mass is 9.70. The normalized spacial score (nSPS) is 11.4. The summed E-state index contributed by atoms with van der Waals surface area (Å²) >= 11 is 0. The Morgan fingerprint density at radius 2 is 1.67 bits per heavy atom.